The van der Waals surface area contributed by atoms with E-state index in [1.807, 2.05) is 6.92 Å². The van der Waals surface area contributed by atoms with Gasteiger partial charge in [0.1, 0.15) is 5.57 Å². The fourth-order valence-corrected chi connectivity index (χ4v) is 2.93. The van der Waals surface area contributed by atoms with E-state index in [4.69, 9.17) is 21.7 Å². The average Bonchev–Trinajstić information content (AvgIpc) is 2.53. The van der Waals surface area contributed by atoms with Crippen LogP contribution in [0.4, 0.5) is 0 Å². The predicted octanol–water partition coefficient (Wildman–Crippen LogP) is 2.94. The van der Waals surface area contributed by atoms with Gasteiger partial charge in [-0.25, -0.2) is 0 Å². The highest BCUT2D eigenvalue weighted by molar-refractivity contribution is 9.10. The lowest BCUT2D eigenvalue weighted by atomic mass is 10.1. The van der Waals surface area contributed by atoms with Gasteiger partial charge in [0.25, 0.3) is 11.8 Å². The Morgan fingerprint density at radius 1 is 1.16 bits per heavy atom. The first-order valence-corrected chi connectivity index (χ1v) is 9.13. The average molecular weight is 427 g/mol. The van der Waals surface area contributed by atoms with Gasteiger partial charge >= 0.3 is 0 Å². The molecule has 1 saturated heterocycles. The predicted molar refractivity (Wildman–Crippen MR) is 103 cm³/mol. The highest BCUT2D eigenvalue weighted by Crippen LogP contribution is 2.37. The van der Waals surface area contributed by atoms with Crippen molar-refractivity contribution in [2.75, 3.05) is 13.2 Å². The molecular formula is C17H19BrN2O4S. The Morgan fingerprint density at radius 3 is 2.44 bits per heavy atom. The third kappa shape index (κ3) is 5.02. The molecule has 1 aromatic rings. The van der Waals surface area contributed by atoms with Gasteiger partial charge in [-0.05, 0) is 65.3 Å². The fraction of sp³-hybridized carbons (Fsp3) is 0.353. The summed E-state index contributed by atoms with van der Waals surface area (Å²) >= 11 is 8.25. The molecule has 0 spiro atoms. The van der Waals surface area contributed by atoms with Gasteiger partial charge in [0.2, 0.25) is 0 Å². The van der Waals surface area contributed by atoms with Crippen molar-refractivity contribution in [3.8, 4) is 11.5 Å². The Kier molecular flexibility index (Phi) is 6.95. The van der Waals surface area contributed by atoms with Crippen LogP contribution in [-0.2, 0) is 9.59 Å². The molecule has 0 aromatic heterocycles. The van der Waals surface area contributed by atoms with Crippen LogP contribution < -0.4 is 20.1 Å². The Labute approximate surface area is 160 Å². The summed E-state index contributed by atoms with van der Waals surface area (Å²) in [7, 11) is 0. The first kappa shape index (κ1) is 19.4. The summed E-state index contributed by atoms with van der Waals surface area (Å²) < 4.78 is 12.1. The fourth-order valence-electron chi connectivity index (χ4n) is 2.17. The number of ether oxygens (including phenoxy) is 2. The van der Waals surface area contributed by atoms with E-state index in [9.17, 15) is 9.59 Å². The summed E-state index contributed by atoms with van der Waals surface area (Å²) in [6, 6.07) is 3.50. The summed E-state index contributed by atoms with van der Waals surface area (Å²) in [5.41, 5.74) is 0.605. The van der Waals surface area contributed by atoms with Crippen molar-refractivity contribution in [1.29, 1.82) is 0 Å². The van der Waals surface area contributed by atoms with Crippen LogP contribution in [0, 0.1) is 0 Å². The topological polar surface area (TPSA) is 76.7 Å². The maximum atomic E-state index is 12.0. The third-order valence-corrected chi connectivity index (χ3v) is 4.12. The minimum atomic E-state index is -0.536. The molecule has 2 amide bonds. The number of thiocarbonyl (C=S) groups is 1. The molecule has 134 valence electrons. The van der Waals surface area contributed by atoms with Gasteiger partial charge < -0.3 is 9.47 Å². The van der Waals surface area contributed by atoms with Crippen LogP contribution >= 0.6 is 28.1 Å². The lowest BCUT2D eigenvalue weighted by Crippen LogP contribution is -2.51. The quantitative estimate of drug-likeness (QED) is 0.303. The number of carbonyl (C=O) groups is 2. The van der Waals surface area contributed by atoms with E-state index in [2.05, 4.69) is 33.5 Å². The van der Waals surface area contributed by atoms with E-state index in [-0.39, 0.29) is 10.7 Å². The lowest BCUT2D eigenvalue weighted by Gasteiger charge is -2.17. The normalized spacial score (nSPS) is 14.0. The van der Waals surface area contributed by atoms with Crippen LogP contribution in [-0.4, -0.2) is 30.1 Å². The smallest absolute Gasteiger partial charge is 0.263 e. The number of halogens is 1. The highest BCUT2D eigenvalue weighted by atomic mass is 79.9. The monoisotopic (exact) mass is 426 g/mol. The van der Waals surface area contributed by atoms with Gasteiger partial charge in [0, 0.05) is 0 Å². The Morgan fingerprint density at radius 2 is 1.84 bits per heavy atom. The maximum absolute atomic E-state index is 12.0. The summed E-state index contributed by atoms with van der Waals surface area (Å²) in [5.74, 6) is 0.0837. The molecule has 6 nitrogen and oxygen atoms in total. The molecule has 1 fully saturated rings. The van der Waals surface area contributed by atoms with E-state index in [0.29, 0.717) is 34.7 Å². The SMILES string of the molecule is CCCCOc1c(Br)cc(C=C2C(=O)NC(=S)NC2=O)cc1OCC. The van der Waals surface area contributed by atoms with E-state index in [1.54, 1.807) is 12.1 Å². The van der Waals surface area contributed by atoms with E-state index in [1.165, 1.54) is 6.08 Å². The Bertz CT molecular complexity index is 712. The summed E-state index contributed by atoms with van der Waals surface area (Å²) in [4.78, 5) is 23.9. The Hall–Kier alpha value is -1.93. The van der Waals surface area contributed by atoms with Gasteiger partial charge in [-0.15, -0.1) is 0 Å². The van der Waals surface area contributed by atoms with Crippen molar-refractivity contribution >= 4 is 51.2 Å². The van der Waals surface area contributed by atoms with E-state index >= 15 is 0 Å². The number of unbranched alkanes of at least 4 members (excludes halogenated alkanes) is 1. The molecule has 2 N–H and O–H groups in total. The summed E-state index contributed by atoms with van der Waals surface area (Å²) in [5, 5.41) is 4.81. The zero-order chi connectivity index (χ0) is 18.4. The molecule has 0 saturated carbocycles. The number of nitrogens with one attached hydrogen (secondary N) is 2. The second kappa shape index (κ2) is 8.96. The minimum absolute atomic E-state index is 0.00279. The molecule has 1 aliphatic rings. The minimum Gasteiger partial charge on any atom is -0.490 e. The van der Waals surface area contributed by atoms with Gasteiger partial charge in [0.05, 0.1) is 17.7 Å². The van der Waals surface area contributed by atoms with Crippen molar-refractivity contribution in [3.05, 3.63) is 27.7 Å². The first-order chi connectivity index (χ1) is 12.0. The molecule has 2 rings (SSSR count). The van der Waals surface area contributed by atoms with Gasteiger partial charge in [-0.2, -0.15) is 0 Å². The highest BCUT2D eigenvalue weighted by Gasteiger charge is 2.26. The van der Waals surface area contributed by atoms with Gasteiger partial charge in [0.15, 0.2) is 16.6 Å². The van der Waals surface area contributed by atoms with E-state index < -0.39 is 11.8 Å². The van der Waals surface area contributed by atoms with Crippen LogP contribution in [0.1, 0.15) is 32.3 Å². The van der Waals surface area contributed by atoms with E-state index in [0.717, 1.165) is 12.8 Å². The lowest BCUT2D eigenvalue weighted by molar-refractivity contribution is -0.123. The molecule has 0 radical (unpaired) electrons. The molecule has 1 aliphatic heterocycles. The number of benzene rings is 1. The maximum Gasteiger partial charge on any atom is 0.263 e. The van der Waals surface area contributed by atoms with Crippen molar-refractivity contribution in [3.63, 3.8) is 0 Å². The Balaban J connectivity index is 2.35. The van der Waals surface area contributed by atoms with Crippen LogP contribution in [0.25, 0.3) is 6.08 Å². The van der Waals surface area contributed by atoms with Crippen molar-refractivity contribution in [2.45, 2.75) is 26.7 Å². The van der Waals surface area contributed by atoms with Crippen LogP contribution in [0.3, 0.4) is 0 Å². The largest absolute Gasteiger partial charge is 0.490 e. The molecule has 0 bridgehead atoms. The van der Waals surface area contributed by atoms with Crippen LogP contribution in [0.15, 0.2) is 22.2 Å². The van der Waals surface area contributed by atoms with Crippen molar-refractivity contribution < 1.29 is 19.1 Å². The zero-order valence-corrected chi connectivity index (χ0v) is 16.4. The third-order valence-electron chi connectivity index (χ3n) is 3.33. The standard InChI is InChI=1S/C17H19BrN2O4S/c1-3-5-6-24-14-12(18)8-10(9-13(14)23-4-2)7-11-15(21)19-17(25)20-16(11)22/h7-9H,3-6H2,1-2H3,(H2,19,20,21,22,25). The number of rotatable bonds is 7. The second-order valence-corrected chi connectivity index (χ2v) is 6.52. The summed E-state index contributed by atoms with van der Waals surface area (Å²) in [6.07, 6.45) is 3.44. The first-order valence-electron chi connectivity index (χ1n) is 7.93. The van der Waals surface area contributed by atoms with Gasteiger partial charge in [-0.1, -0.05) is 13.3 Å². The number of hydrogen-bond donors (Lipinski definition) is 2. The zero-order valence-electron chi connectivity index (χ0n) is 14.0. The molecule has 1 heterocycles. The second-order valence-electron chi connectivity index (χ2n) is 5.26. The molecular weight excluding hydrogens is 408 g/mol. The summed E-state index contributed by atoms with van der Waals surface area (Å²) in [6.45, 7) is 5.00. The number of hydrogen-bond acceptors (Lipinski definition) is 5. The van der Waals surface area contributed by atoms with Gasteiger partial charge in [-0.3, -0.25) is 20.2 Å². The molecule has 0 unspecified atom stereocenters. The molecule has 8 heteroatoms. The van der Waals surface area contributed by atoms with Crippen molar-refractivity contribution in [1.82, 2.24) is 10.6 Å². The van der Waals surface area contributed by atoms with Crippen molar-refractivity contribution in [2.24, 2.45) is 0 Å². The number of amides is 2. The molecule has 0 aliphatic carbocycles. The number of carbonyl (C=O) groups excluding carboxylic acids is 2. The van der Waals surface area contributed by atoms with Crippen LogP contribution in [0.2, 0.25) is 0 Å². The molecule has 0 atom stereocenters. The molecule has 25 heavy (non-hydrogen) atoms. The molecule has 1 aromatic carbocycles. The van der Waals surface area contributed by atoms with Crippen LogP contribution in [0.5, 0.6) is 11.5 Å².